The van der Waals surface area contributed by atoms with Crippen LogP contribution in [0.5, 0.6) is 0 Å². The van der Waals surface area contributed by atoms with E-state index < -0.39 is 0 Å². The summed E-state index contributed by atoms with van der Waals surface area (Å²) in [6.07, 6.45) is 1.93. The molecule has 0 saturated carbocycles. The molecule has 0 aliphatic carbocycles. The molecule has 0 atom stereocenters. The van der Waals surface area contributed by atoms with Gasteiger partial charge in [0.25, 0.3) is 0 Å². The number of fused-ring (bicyclic) bond motifs is 6. The molecule has 5 aromatic heterocycles. The first-order chi connectivity index (χ1) is 13.0. The molecule has 0 saturated heterocycles. The summed E-state index contributed by atoms with van der Waals surface area (Å²) in [5.74, 6) is 0. The summed E-state index contributed by atoms with van der Waals surface area (Å²) in [7, 11) is 0. The second-order valence-electron chi connectivity index (χ2n) is 5.66. The summed E-state index contributed by atoms with van der Waals surface area (Å²) in [6, 6.07) is 7.70. The SMILES string of the molecule is S=c1cc(S)sc2c1c(=S)sc1c3c(=S)n4ccccc4nc3sc(=S)c21. The summed E-state index contributed by atoms with van der Waals surface area (Å²) in [5.41, 5.74) is 0.803. The van der Waals surface area contributed by atoms with E-state index in [4.69, 9.17) is 53.9 Å². The maximum absolute atomic E-state index is 5.82. The lowest BCUT2D eigenvalue weighted by atomic mass is 10.2. The minimum atomic E-state index is 0.709. The zero-order valence-corrected chi connectivity index (χ0v) is 19.7. The van der Waals surface area contributed by atoms with Gasteiger partial charge in [-0.3, -0.25) is 4.40 Å². The molecule has 0 aliphatic rings. The van der Waals surface area contributed by atoms with E-state index in [2.05, 4.69) is 12.6 Å². The fraction of sp³-hybridized carbons (Fsp3) is 0. The van der Waals surface area contributed by atoms with E-state index in [-0.39, 0.29) is 0 Å². The summed E-state index contributed by atoms with van der Waals surface area (Å²) >= 11 is 31.9. The van der Waals surface area contributed by atoms with Crippen LogP contribution in [0.3, 0.4) is 0 Å². The van der Waals surface area contributed by atoms with Gasteiger partial charge in [-0.1, -0.05) is 54.9 Å². The molecule has 0 N–H and O–H groups in total. The third-order valence-electron chi connectivity index (χ3n) is 4.11. The molecule has 10 heteroatoms. The lowest BCUT2D eigenvalue weighted by molar-refractivity contribution is 1.12. The number of nitrogens with zero attached hydrogens (tertiary/aromatic N) is 2. The zero-order chi connectivity index (χ0) is 18.9. The molecular formula is C17H6N2S8. The van der Waals surface area contributed by atoms with Crippen molar-refractivity contribution in [3.8, 4) is 0 Å². The minimum absolute atomic E-state index is 0.709. The van der Waals surface area contributed by atoms with E-state index >= 15 is 0 Å². The summed E-state index contributed by atoms with van der Waals surface area (Å²) < 4.78 is 7.65. The number of hydrogen-bond acceptors (Lipinski definition) is 9. The van der Waals surface area contributed by atoms with E-state index in [0.29, 0.717) is 9.15 Å². The quantitative estimate of drug-likeness (QED) is 0.101. The topological polar surface area (TPSA) is 17.3 Å². The third kappa shape index (κ3) is 2.77. The highest BCUT2D eigenvalue weighted by molar-refractivity contribution is 7.83. The highest BCUT2D eigenvalue weighted by Gasteiger charge is 2.15. The zero-order valence-electron chi connectivity index (χ0n) is 13.1. The molecule has 0 unspecified atom stereocenters. The minimum Gasteiger partial charge on any atom is -0.292 e. The van der Waals surface area contributed by atoms with E-state index in [1.165, 1.54) is 22.7 Å². The fourth-order valence-electron chi connectivity index (χ4n) is 2.99. The van der Waals surface area contributed by atoms with Crippen molar-refractivity contribution in [1.82, 2.24) is 9.38 Å². The first kappa shape index (κ1) is 18.3. The molecule has 0 aromatic carbocycles. The smallest absolute Gasteiger partial charge is 0.139 e. The van der Waals surface area contributed by atoms with Gasteiger partial charge in [-0.05, 0) is 18.2 Å². The van der Waals surface area contributed by atoms with Crippen LogP contribution in [0.1, 0.15) is 0 Å². The number of rotatable bonds is 0. The van der Waals surface area contributed by atoms with Crippen LogP contribution in [0.2, 0.25) is 0 Å². The molecule has 0 radical (unpaired) electrons. The van der Waals surface area contributed by atoms with Crippen LogP contribution < -0.4 is 0 Å². The molecule has 0 bridgehead atoms. The Bertz CT molecular complexity index is 1670. The van der Waals surface area contributed by atoms with Crippen LogP contribution in [0, 0.1) is 16.8 Å². The van der Waals surface area contributed by atoms with Crippen LogP contribution in [-0.4, -0.2) is 9.38 Å². The molecule has 0 amide bonds. The molecular weight excluding hydrogens is 489 g/mol. The summed E-state index contributed by atoms with van der Waals surface area (Å²) in [4.78, 5) is 5.62. The van der Waals surface area contributed by atoms with Crippen molar-refractivity contribution in [2.75, 3.05) is 0 Å². The second kappa shape index (κ2) is 6.67. The van der Waals surface area contributed by atoms with Gasteiger partial charge in [-0.25, -0.2) is 4.98 Å². The molecule has 0 spiro atoms. The normalized spacial score (nSPS) is 11.7. The second-order valence-corrected chi connectivity index (χ2v) is 11.7. The Hall–Kier alpha value is -0.720. The average Bonchev–Trinajstić information content (AvgIpc) is 2.60. The van der Waals surface area contributed by atoms with Crippen LogP contribution in [0.25, 0.3) is 36.0 Å². The lowest BCUT2D eigenvalue weighted by Crippen LogP contribution is -1.94. The van der Waals surface area contributed by atoms with E-state index in [0.717, 1.165) is 47.9 Å². The first-order valence-electron chi connectivity index (χ1n) is 7.53. The van der Waals surface area contributed by atoms with Gasteiger partial charge in [0.05, 0.1) is 23.5 Å². The van der Waals surface area contributed by atoms with Crippen molar-refractivity contribution >= 4 is 132 Å². The third-order valence-corrected chi connectivity index (χ3v) is 8.96. The van der Waals surface area contributed by atoms with Crippen molar-refractivity contribution in [3.05, 3.63) is 47.3 Å². The Morgan fingerprint density at radius 2 is 1.63 bits per heavy atom. The molecule has 0 aliphatic heterocycles. The maximum atomic E-state index is 5.82. The van der Waals surface area contributed by atoms with Gasteiger partial charge < -0.3 is 0 Å². The van der Waals surface area contributed by atoms with Gasteiger partial charge >= 0.3 is 0 Å². The van der Waals surface area contributed by atoms with Crippen molar-refractivity contribution in [2.24, 2.45) is 0 Å². The molecule has 132 valence electrons. The predicted octanol–water partition coefficient (Wildman–Crippen LogP) is 8.19. The maximum Gasteiger partial charge on any atom is 0.139 e. The van der Waals surface area contributed by atoms with Gasteiger partial charge in [0.15, 0.2) is 0 Å². The van der Waals surface area contributed by atoms with Gasteiger partial charge in [-0.15, -0.1) is 46.6 Å². The number of hydrogen-bond donors (Lipinski definition) is 1. The molecule has 5 heterocycles. The Kier molecular flexibility index (Phi) is 4.52. The average molecular weight is 495 g/mol. The van der Waals surface area contributed by atoms with Gasteiger partial charge in [0.1, 0.15) is 22.8 Å². The number of aromatic nitrogens is 2. The van der Waals surface area contributed by atoms with Gasteiger partial charge in [0.2, 0.25) is 0 Å². The molecule has 2 nitrogen and oxygen atoms in total. The van der Waals surface area contributed by atoms with Gasteiger partial charge in [0, 0.05) is 17.0 Å². The van der Waals surface area contributed by atoms with E-state index in [1.807, 2.05) is 34.9 Å². The largest absolute Gasteiger partial charge is 0.292 e. The van der Waals surface area contributed by atoms with Crippen LogP contribution in [0.15, 0.2) is 34.7 Å². The van der Waals surface area contributed by atoms with E-state index in [9.17, 15) is 0 Å². The van der Waals surface area contributed by atoms with Gasteiger partial charge in [-0.2, -0.15) is 0 Å². The molecule has 5 rings (SSSR count). The van der Waals surface area contributed by atoms with Crippen molar-refractivity contribution in [2.45, 2.75) is 4.21 Å². The molecule has 0 fully saturated rings. The Labute approximate surface area is 190 Å². The molecule has 27 heavy (non-hydrogen) atoms. The number of thiol groups is 1. The monoisotopic (exact) mass is 494 g/mol. The Morgan fingerprint density at radius 3 is 2.44 bits per heavy atom. The van der Waals surface area contributed by atoms with Crippen LogP contribution in [-0.2, 0) is 0 Å². The van der Waals surface area contributed by atoms with Crippen molar-refractivity contribution in [3.63, 3.8) is 0 Å². The summed E-state index contributed by atoms with van der Waals surface area (Å²) in [5, 5.41) is 2.81. The van der Waals surface area contributed by atoms with Crippen LogP contribution >= 0.6 is 95.5 Å². The highest BCUT2D eigenvalue weighted by Crippen LogP contribution is 2.41. The molecule has 5 aromatic rings. The van der Waals surface area contributed by atoms with Crippen molar-refractivity contribution in [1.29, 1.82) is 0 Å². The summed E-state index contributed by atoms with van der Waals surface area (Å²) in [6.45, 7) is 0. The standard InChI is InChI=1S/C17H6N2S8/c20-6-5-8(21)25-12-9(6)16(23)26-13-10(12)17(24)27-14-11(13)15(22)19-4-2-1-3-7(19)18-14/h1-5,21H. The Balaban J connectivity index is 2.20. The Morgan fingerprint density at radius 1 is 0.889 bits per heavy atom. The highest BCUT2D eigenvalue weighted by atomic mass is 32.2. The van der Waals surface area contributed by atoms with Crippen LogP contribution in [0.4, 0.5) is 0 Å². The predicted molar refractivity (Wildman–Crippen MR) is 132 cm³/mol. The number of pyridine rings is 1. The van der Waals surface area contributed by atoms with Crippen molar-refractivity contribution < 1.29 is 0 Å². The first-order valence-corrected chi connectivity index (χ1v) is 12.1. The fourth-order valence-corrected chi connectivity index (χ4v) is 9.00. The lowest BCUT2D eigenvalue weighted by Gasteiger charge is -2.09. The van der Waals surface area contributed by atoms with E-state index in [1.54, 1.807) is 11.3 Å².